The summed E-state index contributed by atoms with van der Waals surface area (Å²) in [5, 5.41) is 16.3. The third-order valence-electron chi connectivity index (χ3n) is 5.98. The number of hydrogen-bond donors (Lipinski definition) is 1. The van der Waals surface area contributed by atoms with Crippen LogP contribution < -0.4 is 5.32 Å². The van der Waals surface area contributed by atoms with Crippen molar-refractivity contribution in [3.05, 3.63) is 97.9 Å². The molecule has 2 heterocycles. The lowest BCUT2D eigenvalue weighted by Crippen LogP contribution is -2.30. The van der Waals surface area contributed by atoms with Gasteiger partial charge >= 0.3 is 5.97 Å². The quantitative estimate of drug-likeness (QED) is 0.202. The summed E-state index contributed by atoms with van der Waals surface area (Å²) in [6.07, 6.45) is 2.37. The summed E-state index contributed by atoms with van der Waals surface area (Å²) >= 11 is 1.64. The number of esters is 1. The van der Waals surface area contributed by atoms with Crippen LogP contribution in [0, 0.1) is 10.1 Å². The minimum Gasteiger partial charge on any atom is -0.449 e. The number of ether oxygens (including phenoxy) is 1. The highest BCUT2D eigenvalue weighted by Gasteiger charge is 2.29. The number of nitro groups is 1. The number of pyridine rings is 1. The van der Waals surface area contributed by atoms with Crippen LogP contribution in [0.1, 0.15) is 39.8 Å². The number of non-ortho nitro benzene ring substituents is 1. The number of benzene rings is 2. The molecule has 1 aliphatic carbocycles. The minimum absolute atomic E-state index is 0.150. The maximum absolute atomic E-state index is 13.4. The van der Waals surface area contributed by atoms with Gasteiger partial charge in [0.25, 0.3) is 11.6 Å². The smallest absolute Gasteiger partial charge is 0.339 e. The van der Waals surface area contributed by atoms with Crippen LogP contribution in [0.3, 0.4) is 0 Å². The predicted molar refractivity (Wildman–Crippen MR) is 139 cm³/mol. The Labute approximate surface area is 210 Å². The van der Waals surface area contributed by atoms with Crippen LogP contribution in [0.4, 0.5) is 11.4 Å². The number of thiophene rings is 1. The second kappa shape index (κ2) is 9.71. The highest BCUT2D eigenvalue weighted by molar-refractivity contribution is 7.10. The molecule has 0 fully saturated rings. The lowest BCUT2D eigenvalue weighted by Gasteiger charge is -2.16. The monoisotopic (exact) mass is 499 g/mol. The average molecular weight is 500 g/mol. The van der Waals surface area contributed by atoms with Crippen molar-refractivity contribution in [2.45, 2.75) is 25.9 Å². The number of aromatic nitrogens is 1. The molecule has 1 aliphatic rings. The molecule has 1 atom stereocenters. The summed E-state index contributed by atoms with van der Waals surface area (Å²) in [6, 6.07) is 17.0. The maximum Gasteiger partial charge on any atom is 0.339 e. The van der Waals surface area contributed by atoms with Crippen LogP contribution in [0.25, 0.3) is 22.6 Å². The lowest BCUT2D eigenvalue weighted by atomic mass is 10.0. The van der Waals surface area contributed by atoms with Gasteiger partial charge in [0.15, 0.2) is 6.10 Å². The van der Waals surface area contributed by atoms with Crippen molar-refractivity contribution in [2.75, 3.05) is 5.32 Å². The first-order valence-electron chi connectivity index (χ1n) is 11.3. The molecule has 0 saturated carbocycles. The second-order valence-electron chi connectivity index (χ2n) is 8.36. The van der Waals surface area contributed by atoms with E-state index in [9.17, 15) is 19.7 Å². The second-order valence-corrected chi connectivity index (χ2v) is 9.34. The van der Waals surface area contributed by atoms with Crippen LogP contribution in [-0.4, -0.2) is 27.9 Å². The fourth-order valence-corrected chi connectivity index (χ4v) is 4.95. The van der Waals surface area contributed by atoms with E-state index in [0.717, 1.165) is 28.1 Å². The van der Waals surface area contributed by atoms with Crippen molar-refractivity contribution in [1.29, 1.82) is 0 Å². The number of anilines is 1. The molecule has 0 saturated heterocycles. The van der Waals surface area contributed by atoms with E-state index in [1.165, 1.54) is 31.2 Å². The van der Waals surface area contributed by atoms with E-state index in [1.54, 1.807) is 11.3 Å². The van der Waals surface area contributed by atoms with Gasteiger partial charge < -0.3 is 10.1 Å². The Morgan fingerprint density at radius 2 is 1.97 bits per heavy atom. The van der Waals surface area contributed by atoms with Crippen molar-refractivity contribution in [2.24, 2.45) is 0 Å². The van der Waals surface area contributed by atoms with Gasteiger partial charge in [-0.2, -0.15) is 0 Å². The normalized spacial score (nSPS) is 14.4. The Kier molecular flexibility index (Phi) is 6.30. The Morgan fingerprint density at radius 1 is 1.14 bits per heavy atom. The molecule has 2 aromatic heterocycles. The van der Waals surface area contributed by atoms with Crippen molar-refractivity contribution in [1.82, 2.24) is 4.98 Å². The zero-order chi connectivity index (χ0) is 25.2. The third-order valence-corrected chi connectivity index (χ3v) is 6.80. The Morgan fingerprint density at radius 3 is 2.75 bits per heavy atom. The van der Waals surface area contributed by atoms with Gasteiger partial charge in [-0.1, -0.05) is 30.3 Å². The van der Waals surface area contributed by atoms with Crippen LogP contribution in [0.15, 0.2) is 66.0 Å². The van der Waals surface area contributed by atoms with E-state index in [0.29, 0.717) is 22.9 Å². The number of nitro benzene ring substituents is 1. The van der Waals surface area contributed by atoms with Crippen molar-refractivity contribution in [3.63, 3.8) is 0 Å². The summed E-state index contributed by atoms with van der Waals surface area (Å²) in [5.41, 5.74) is 3.84. The molecule has 0 aliphatic heterocycles. The van der Waals surface area contributed by atoms with E-state index >= 15 is 0 Å². The summed E-state index contributed by atoms with van der Waals surface area (Å²) in [4.78, 5) is 42.5. The molecule has 4 aromatic rings. The first-order valence-corrected chi connectivity index (χ1v) is 12.2. The standard InChI is InChI=1S/C27H21N3O5S/c1-16(26(31)28-18-6-4-7-19(15-18)30(33)34)35-27(32)24-21-9-2-3-10-23(21)29-25-17(11-12-22(24)25)14-20-8-5-13-36-20/h2-10,13-16H,11-12H2,1H3,(H,28,31). The minimum atomic E-state index is -1.12. The number of allylic oxidation sites excluding steroid dienone is 1. The lowest BCUT2D eigenvalue weighted by molar-refractivity contribution is -0.384. The number of nitrogens with zero attached hydrogens (tertiary/aromatic N) is 2. The van der Waals surface area contributed by atoms with E-state index in [4.69, 9.17) is 9.72 Å². The maximum atomic E-state index is 13.4. The molecule has 2 aromatic carbocycles. The third kappa shape index (κ3) is 4.60. The number of fused-ring (bicyclic) bond motifs is 2. The fraction of sp³-hybridized carbons (Fsp3) is 0.148. The van der Waals surface area contributed by atoms with Crippen LogP contribution in [-0.2, 0) is 16.0 Å². The number of carbonyl (C=O) groups is 2. The molecule has 1 amide bonds. The molecule has 9 heteroatoms. The fourth-order valence-electron chi connectivity index (χ4n) is 4.27. The topological polar surface area (TPSA) is 111 Å². The zero-order valence-electron chi connectivity index (χ0n) is 19.3. The van der Waals surface area contributed by atoms with Crippen molar-refractivity contribution < 1.29 is 19.2 Å². The Hall–Kier alpha value is -4.37. The first kappa shape index (κ1) is 23.4. The molecule has 5 rings (SSSR count). The Bertz CT molecular complexity index is 1530. The molecule has 8 nitrogen and oxygen atoms in total. The van der Waals surface area contributed by atoms with Crippen LogP contribution in [0.2, 0.25) is 0 Å². The predicted octanol–water partition coefficient (Wildman–Crippen LogP) is 5.88. The first-order chi connectivity index (χ1) is 17.4. The number of amides is 1. The van der Waals surface area contributed by atoms with Crippen molar-refractivity contribution >= 4 is 57.1 Å². The number of nitrogens with one attached hydrogen (secondary N) is 1. The summed E-state index contributed by atoms with van der Waals surface area (Å²) < 4.78 is 5.59. The number of para-hydroxylation sites is 1. The molecular formula is C27H21N3O5S. The molecule has 1 unspecified atom stereocenters. The highest BCUT2D eigenvalue weighted by atomic mass is 32.1. The van der Waals surface area contributed by atoms with Gasteiger partial charge in [0.1, 0.15) is 0 Å². The van der Waals surface area contributed by atoms with Gasteiger partial charge in [-0.05, 0) is 60.6 Å². The SMILES string of the molecule is CC(OC(=O)c1c2c(nc3ccccc13)C(=Cc1cccs1)CC2)C(=O)Nc1cccc([N+](=O)[O-])c1. The molecule has 0 bridgehead atoms. The van der Waals surface area contributed by atoms with E-state index in [2.05, 4.69) is 11.4 Å². The largest absolute Gasteiger partial charge is 0.449 e. The van der Waals surface area contributed by atoms with Crippen LogP contribution in [0.5, 0.6) is 0 Å². The molecule has 36 heavy (non-hydrogen) atoms. The Balaban J connectivity index is 1.43. The van der Waals surface area contributed by atoms with Gasteiger partial charge in [-0.3, -0.25) is 14.9 Å². The van der Waals surface area contributed by atoms with Crippen LogP contribution >= 0.6 is 11.3 Å². The molecule has 180 valence electrons. The molecular weight excluding hydrogens is 478 g/mol. The summed E-state index contributed by atoms with van der Waals surface area (Å²) in [6.45, 7) is 1.47. The molecule has 0 spiro atoms. The van der Waals surface area contributed by atoms with Gasteiger partial charge in [-0.15, -0.1) is 11.3 Å². The average Bonchev–Trinajstić information content (AvgIpc) is 3.53. The van der Waals surface area contributed by atoms with Gasteiger partial charge in [0.2, 0.25) is 0 Å². The van der Waals surface area contributed by atoms with E-state index in [1.807, 2.05) is 41.8 Å². The number of hydrogen-bond acceptors (Lipinski definition) is 7. The summed E-state index contributed by atoms with van der Waals surface area (Å²) in [7, 11) is 0. The van der Waals surface area contributed by atoms with Gasteiger partial charge in [0, 0.05) is 28.1 Å². The molecule has 1 N–H and O–H groups in total. The summed E-state index contributed by atoms with van der Waals surface area (Å²) in [5.74, 6) is -1.19. The number of carbonyl (C=O) groups excluding carboxylic acids is 2. The zero-order valence-corrected chi connectivity index (χ0v) is 20.1. The van der Waals surface area contributed by atoms with Crippen molar-refractivity contribution in [3.8, 4) is 0 Å². The van der Waals surface area contributed by atoms with E-state index in [-0.39, 0.29) is 11.4 Å². The highest BCUT2D eigenvalue weighted by Crippen LogP contribution is 2.38. The number of rotatable bonds is 6. The van der Waals surface area contributed by atoms with Gasteiger partial charge in [0.05, 0.1) is 21.7 Å². The van der Waals surface area contributed by atoms with E-state index < -0.39 is 22.9 Å². The molecule has 0 radical (unpaired) electrons. The van der Waals surface area contributed by atoms with Gasteiger partial charge in [-0.25, -0.2) is 9.78 Å².